The first kappa shape index (κ1) is 17.6. The van der Waals surface area contributed by atoms with Gasteiger partial charge in [0.1, 0.15) is 6.54 Å². The van der Waals surface area contributed by atoms with Crippen LogP contribution in [0.4, 0.5) is 26.3 Å². The molecule has 0 saturated heterocycles. The van der Waals surface area contributed by atoms with E-state index in [9.17, 15) is 31.1 Å². The number of amides is 1. The SMILES string of the molecule is O=C(c1ccccc1C(F)(F)F)N(CCCl)CC(F)(F)F. The fraction of sp³-hybridized carbons (Fsp3) is 0.417. The normalized spacial score (nSPS) is 12.3. The summed E-state index contributed by atoms with van der Waals surface area (Å²) in [6.07, 6.45) is -9.56. The summed E-state index contributed by atoms with van der Waals surface area (Å²) in [5, 5.41) is 0. The fourth-order valence-corrected chi connectivity index (χ4v) is 1.86. The third kappa shape index (κ3) is 5.11. The number of carbonyl (C=O) groups excluding carboxylic acids is 1. The van der Waals surface area contributed by atoms with Crippen LogP contribution in [0.15, 0.2) is 24.3 Å². The van der Waals surface area contributed by atoms with Gasteiger partial charge in [0.15, 0.2) is 0 Å². The number of alkyl halides is 7. The Hall–Kier alpha value is -1.44. The molecule has 1 amide bonds. The molecule has 0 aliphatic heterocycles. The lowest BCUT2D eigenvalue weighted by molar-refractivity contribution is -0.141. The standard InChI is InChI=1S/C12H10ClF6NO/c13-5-6-20(7-11(14,15)16)10(21)8-3-1-2-4-9(8)12(17,18)19/h1-4H,5-7H2. The predicted octanol–water partition coefficient (Wildman–Crippen LogP) is 3.95. The Balaban J connectivity index is 3.16. The molecule has 0 fully saturated rings. The maximum atomic E-state index is 12.8. The number of rotatable bonds is 4. The van der Waals surface area contributed by atoms with E-state index in [4.69, 9.17) is 11.6 Å². The molecular weight excluding hydrogens is 324 g/mol. The third-order valence-electron chi connectivity index (χ3n) is 2.47. The Labute approximate surface area is 121 Å². The van der Waals surface area contributed by atoms with Crippen molar-refractivity contribution >= 4 is 17.5 Å². The highest BCUT2D eigenvalue weighted by Crippen LogP contribution is 2.32. The molecule has 0 bridgehead atoms. The van der Waals surface area contributed by atoms with Gasteiger partial charge >= 0.3 is 12.4 Å². The second-order valence-electron chi connectivity index (χ2n) is 4.07. The van der Waals surface area contributed by atoms with E-state index in [1.165, 1.54) is 0 Å². The molecule has 21 heavy (non-hydrogen) atoms. The quantitative estimate of drug-likeness (QED) is 0.603. The van der Waals surface area contributed by atoms with E-state index in [1.54, 1.807) is 0 Å². The number of benzene rings is 1. The molecule has 0 spiro atoms. The molecular formula is C12H10ClF6NO. The molecule has 0 atom stereocenters. The molecule has 0 radical (unpaired) electrons. The van der Waals surface area contributed by atoms with E-state index in [2.05, 4.69) is 0 Å². The first-order valence-electron chi connectivity index (χ1n) is 5.64. The van der Waals surface area contributed by atoms with Crippen molar-refractivity contribution in [1.82, 2.24) is 4.90 Å². The Kier molecular flexibility index (Phi) is 5.49. The highest BCUT2D eigenvalue weighted by Gasteiger charge is 2.38. The van der Waals surface area contributed by atoms with Crippen LogP contribution in [-0.2, 0) is 6.18 Å². The van der Waals surface area contributed by atoms with E-state index in [0.717, 1.165) is 18.2 Å². The minimum atomic E-state index is -4.84. The zero-order valence-electron chi connectivity index (χ0n) is 10.4. The largest absolute Gasteiger partial charge is 0.417 e. The molecule has 1 aromatic rings. The maximum absolute atomic E-state index is 12.8. The van der Waals surface area contributed by atoms with Crippen LogP contribution in [0.25, 0.3) is 0 Å². The number of halogens is 7. The minimum Gasteiger partial charge on any atom is -0.328 e. The second kappa shape index (κ2) is 6.55. The molecule has 1 rings (SSSR count). The van der Waals surface area contributed by atoms with Crippen LogP contribution in [-0.4, -0.2) is 36.0 Å². The summed E-state index contributed by atoms with van der Waals surface area (Å²) in [7, 11) is 0. The van der Waals surface area contributed by atoms with Crippen molar-refractivity contribution in [3.63, 3.8) is 0 Å². The Morgan fingerprint density at radius 1 is 1.10 bits per heavy atom. The first-order chi connectivity index (χ1) is 9.56. The molecule has 0 saturated carbocycles. The van der Waals surface area contributed by atoms with Gasteiger partial charge in [-0.15, -0.1) is 11.6 Å². The van der Waals surface area contributed by atoms with E-state index in [0.29, 0.717) is 6.07 Å². The fourth-order valence-electron chi connectivity index (χ4n) is 1.66. The molecule has 0 aromatic heterocycles. The van der Waals surface area contributed by atoms with Crippen molar-refractivity contribution in [2.75, 3.05) is 19.0 Å². The summed E-state index contributed by atoms with van der Waals surface area (Å²) in [4.78, 5) is 12.2. The Bertz CT molecular complexity index is 499. The van der Waals surface area contributed by atoms with Gasteiger partial charge in [-0.25, -0.2) is 0 Å². The zero-order valence-corrected chi connectivity index (χ0v) is 11.2. The van der Waals surface area contributed by atoms with Crippen molar-refractivity contribution in [2.45, 2.75) is 12.4 Å². The van der Waals surface area contributed by atoms with Gasteiger partial charge in [-0.05, 0) is 12.1 Å². The van der Waals surface area contributed by atoms with Gasteiger partial charge in [-0.2, -0.15) is 26.3 Å². The highest BCUT2D eigenvalue weighted by molar-refractivity contribution is 6.18. The van der Waals surface area contributed by atoms with Crippen LogP contribution in [0.2, 0.25) is 0 Å². The van der Waals surface area contributed by atoms with Crippen molar-refractivity contribution in [2.24, 2.45) is 0 Å². The molecule has 0 N–H and O–H groups in total. The predicted molar refractivity (Wildman–Crippen MR) is 64.1 cm³/mol. The second-order valence-corrected chi connectivity index (χ2v) is 4.45. The monoisotopic (exact) mass is 333 g/mol. The summed E-state index contributed by atoms with van der Waals surface area (Å²) in [6.45, 7) is -2.17. The lowest BCUT2D eigenvalue weighted by Gasteiger charge is -2.24. The number of carbonyl (C=O) groups is 1. The molecule has 118 valence electrons. The van der Waals surface area contributed by atoms with Crippen molar-refractivity contribution in [1.29, 1.82) is 0 Å². The molecule has 2 nitrogen and oxygen atoms in total. The number of hydrogen-bond acceptors (Lipinski definition) is 1. The summed E-state index contributed by atoms with van der Waals surface area (Å²) >= 11 is 5.30. The van der Waals surface area contributed by atoms with Gasteiger partial charge < -0.3 is 4.90 Å². The molecule has 0 heterocycles. The lowest BCUT2D eigenvalue weighted by Crippen LogP contribution is -2.40. The van der Waals surface area contributed by atoms with E-state index in [1.807, 2.05) is 0 Å². The third-order valence-corrected chi connectivity index (χ3v) is 2.64. The van der Waals surface area contributed by atoms with E-state index < -0.39 is 42.5 Å². The minimum absolute atomic E-state index is 0.248. The Morgan fingerprint density at radius 3 is 2.14 bits per heavy atom. The van der Waals surface area contributed by atoms with Crippen molar-refractivity contribution in [3.8, 4) is 0 Å². The smallest absolute Gasteiger partial charge is 0.328 e. The highest BCUT2D eigenvalue weighted by atomic mass is 35.5. The molecule has 1 aromatic carbocycles. The van der Waals surface area contributed by atoms with Gasteiger partial charge in [0.05, 0.1) is 11.1 Å². The number of hydrogen-bond donors (Lipinski definition) is 0. The average Bonchev–Trinajstić information content (AvgIpc) is 2.35. The summed E-state index contributed by atoms with van der Waals surface area (Å²) in [6, 6.07) is 3.67. The van der Waals surface area contributed by atoms with Gasteiger partial charge in [0.25, 0.3) is 5.91 Å². The molecule has 9 heteroatoms. The Morgan fingerprint density at radius 2 is 1.67 bits per heavy atom. The van der Waals surface area contributed by atoms with Crippen LogP contribution >= 0.6 is 11.6 Å². The van der Waals surface area contributed by atoms with E-state index >= 15 is 0 Å². The van der Waals surface area contributed by atoms with Gasteiger partial charge in [-0.3, -0.25) is 4.79 Å². The first-order valence-corrected chi connectivity index (χ1v) is 6.18. The molecule has 0 unspecified atom stereocenters. The van der Waals surface area contributed by atoms with Gasteiger partial charge in [-0.1, -0.05) is 12.1 Å². The van der Waals surface area contributed by atoms with Crippen molar-refractivity contribution in [3.05, 3.63) is 35.4 Å². The summed E-state index contributed by atoms with van der Waals surface area (Å²) in [5.41, 5.74) is -2.11. The average molecular weight is 334 g/mol. The summed E-state index contributed by atoms with van der Waals surface area (Å²) < 4.78 is 75.5. The lowest BCUT2D eigenvalue weighted by atomic mass is 10.1. The summed E-state index contributed by atoms with van der Waals surface area (Å²) in [5.74, 6) is -1.68. The van der Waals surface area contributed by atoms with Crippen LogP contribution in [0.3, 0.4) is 0 Å². The van der Waals surface area contributed by atoms with Gasteiger partial charge in [0, 0.05) is 12.4 Å². The van der Waals surface area contributed by atoms with Crippen molar-refractivity contribution < 1.29 is 31.1 Å². The van der Waals surface area contributed by atoms with Crippen LogP contribution in [0.1, 0.15) is 15.9 Å². The number of nitrogens with zero attached hydrogens (tertiary/aromatic N) is 1. The molecule has 0 aliphatic carbocycles. The van der Waals surface area contributed by atoms with E-state index in [-0.39, 0.29) is 10.8 Å². The molecule has 0 aliphatic rings. The van der Waals surface area contributed by atoms with Crippen LogP contribution < -0.4 is 0 Å². The van der Waals surface area contributed by atoms with Gasteiger partial charge in [0.2, 0.25) is 0 Å². The zero-order chi connectivity index (χ0) is 16.3. The van der Waals surface area contributed by atoms with Crippen LogP contribution in [0, 0.1) is 0 Å². The topological polar surface area (TPSA) is 20.3 Å². The maximum Gasteiger partial charge on any atom is 0.417 e. The van der Waals surface area contributed by atoms with Crippen LogP contribution in [0.5, 0.6) is 0 Å².